The van der Waals surface area contributed by atoms with E-state index < -0.39 is 28.1 Å². The van der Waals surface area contributed by atoms with E-state index in [2.05, 4.69) is 0 Å². The number of rotatable bonds is 9. The Bertz CT molecular complexity index is 1090. The fourth-order valence-corrected chi connectivity index (χ4v) is 3.73. The number of hydrogen-bond acceptors (Lipinski definition) is 9. The molecule has 2 amide bonds. The molecular weight excluding hydrogens is 476 g/mol. The van der Waals surface area contributed by atoms with Gasteiger partial charge in [-0.25, -0.2) is 9.59 Å². The third kappa shape index (κ3) is 7.12. The normalized spacial score (nSPS) is 16.9. The van der Waals surface area contributed by atoms with E-state index >= 15 is 0 Å². The fourth-order valence-electron chi connectivity index (χ4n) is 3.73. The van der Waals surface area contributed by atoms with Gasteiger partial charge in [-0.1, -0.05) is 0 Å². The molecule has 0 radical (unpaired) electrons. The van der Waals surface area contributed by atoms with Crippen LogP contribution < -0.4 is 0 Å². The highest BCUT2D eigenvalue weighted by Crippen LogP contribution is 2.23. The highest BCUT2D eigenvalue weighted by Gasteiger charge is 2.35. The summed E-state index contributed by atoms with van der Waals surface area (Å²) in [6, 6.07) is 11.0. The molecule has 0 spiro atoms. The monoisotopic (exact) mass is 502 g/mol. The summed E-state index contributed by atoms with van der Waals surface area (Å²) < 4.78 is 10.5. The minimum Gasteiger partial charge on any atom is -0.445 e. The number of non-ortho nitro benzene ring substituents is 2. The topological polar surface area (TPSA) is 166 Å². The van der Waals surface area contributed by atoms with E-state index in [-0.39, 0.29) is 43.7 Å². The van der Waals surface area contributed by atoms with Crippen molar-refractivity contribution in [3.05, 3.63) is 79.9 Å². The summed E-state index contributed by atoms with van der Waals surface area (Å²) in [6.07, 6.45) is -1.23. The summed E-state index contributed by atoms with van der Waals surface area (Å²) in [4.78, 5) is 48.1. The molecule has 3 rings (SSSR count). The van der Waals surface area contributed by atoms with Crippen LogP contribution >= 0.6 is 0 Å². The smallest absolute Gasteiger partial charge is 0.410 e. The Morgan fingerprint density at radius 3 is 1.97 bits per heavy atom. The van der Waals surface area contributed by atoms with Crippen molar-refractivity contribution in [1.29, 1.82) is 0 Å². The summed E-state index contributed by atoms with van der Waals surface area (Å²) in [5.41, 5.74) is 1.06. The predicted molar refractivity (Wildman–Crippen MR) is 125 cm³/mol. The van der Waals surface area contributed by atoms with Crippen molar-refractivity contribution in [2.75, 3.05) is 20.1 Å². The molecule has 0 aromatic heterocycles. The second kappa shape index (κ2) is 11.9. The van der Waals surface area contributed by atoms with Gasteiger partial charge < -0.3 is 24.4 Å². The number of carbonyl (C=O) groups excluding carboxylic acids is 2. The first-order valence-corrected chi connectivity index (χ1v) is 11.1. The number of hydrogen-bond donors (Lipinski definition) is 1. The molecule has 1 saturated heterocycles. The van der Waals surface area contributed by atoms with Gasteiger partial charge in [-0.3, -0.25) is 20.2 Å². The van der Waals surface area contributed by atoms with Gasteiger partial charge in [-0.05, 0) is 48.2 Å². The summed E-state index contributed by atoms with van der Waals surface area (Å²) in [7, 11) is 1.54. The van der Waals surface area contributed by atoms with Crippen LogP contribution in [0.2, 0.25) is 0 Å². The Morgan fingerprint density at radius 2 is 1.47 bits per heavy atom. The molecule has 13 nitrogen and oxygen atoms in total. The van der Waals surface area contributed by atoms with E-state index in [1.807, 2.05) is 0 Å². The van der Waals surface area contributed by atoms with Crippen LogP contribution in [0.15, 0.2) is 48.5 Å². The fraction of sp³-hybridized carbons (Fsp3) is 0.391. The molecule has 1 heterocycles. The molecule has 1 N–H and O–H groups in total. The van der Waals surface area contributed by atoms with Crippen LogP contribution in [-0.4, -0.2) is 69.2 Å². The molecule has 0 saturated carbocycles. The molecule has 1 fully saturated rings. The lowest BCUT2D eigenvalue weighted by molar-refractivity contribution is -0.385. The van der Waals surface area contributed by atoms with Crippen molar-refractivity contribution in [3.63, 3.8) is 0 Å². The van der Waals surface area contributed by atoms with Gasteiger partial charge in [0.2, 0.25) is 0 Å². The second-order valence-corrected chi connectivity index (χ2v) is 8.36. The van der Waals surface area contributed by atoms with Crippen molar-refractivity contribution in [2.45, 2.75) is 38.2 Å². The Labute approximate surface area is 206 Å². The van der Waals surface area contributed by atoms with Gasteiger partial charge in [0.05, 0.1) is 22.5 Å². The number of aliphatic hydroxyl groups excluding tert-OH is 1. The van der Waals surface area contributed by atoms with Gasteiger partial charge in [0, 0.05) is 43.9 Å². The first kappa shape index (κ1) is 26.3. The van der Waals surface area contributed by atoms with Gasteiger partial charge in [0.25, 0.3) is 11.4 Å². The SMILES string of the molecule is CN(CC[C@@H]1C[C@@H](O)CN1C(=O)OCc1ccc([N+](=O)[O-])cc1)C(=O)OCc1ccc([N+](=O)[O-])cc1. The number of nitro groups is 2. The number of nitro benzene ring substituents is 2. The lowest BCUT2D eigenvalue weighted by Crippen LogP contribution is -2.39. The number of carbonyl (C=O) groups is 2. The number of nitrogens with zero attached hydrogens (tertiary/aromatic N) is 4. The van der Waals surface area contributed by atoms with E-state index in [0.717, 1.165) is 0 Å². The van der Waals surface area contributed by atoms with Crippen LogP contribution in [0.1, 0.15) is 24.0 Å². The molecule has 13 heteroatoms. The first-order chi connectivity index (χ1) is 17.1. The zero-order valence-corrected chi connectivity index (χ0v) is 19.5. The van der Waals surface area contributed by atoms with Gasteiger partial charge in [-0.15, -0.1) is 0 Å². The zero-order chi connectivity index (χ0) is 26.2. The summed E-state index contributed by atoms with van der Waals surface area (Å²) in [5.74, 6) is 0. The maximum atomic E-state index is 12.6. The number of benzene rings is 2. The molecular formula is C23H26N4O9. The Morgan fingerprint density at radius 1 is 0.972 bits per heavy atom. The minimum atomic E-state index is -0.721. The van der Waals surface area contributed by atoms with Gasteiger partial charge in [-0.2, -0.15) is 0 Å². The summed E-state index contributed by atoms with van der Waals surface area (Å²) in [5, 5.41) is 31.5. The zero-order valence-electron chi connectivity index (χ0n) is 19.5. The number of aliphatic hydroxyl groups is 1. The summed E-state index contributed by atoms with van der Waals surface area (Å²) >= 11 is 0. The van der Waals surface area contributed by atoms with Crippen LogP contribution in [0.4, 0.5) is 21.0 Å². The number of likely N-dealkylation sites (tertiary alicyclic amines) is 1. The van der Waals surface area contributed by atoms with Crippen LogP contribution in [0.3, 0.4) is 0 Å². The van der Waals surface area contributed by atoms with E-state index in [0.29, 0.717) is 24.0 Å². The van der Waals surface area contributed by atoms with Crippen LogP contribution in [0, 0.1) is 20.2 Å². The van der Waals surface area contributed by atoms with Crippen LogP contribution in [-0.2, 0) is 22.7 Å². The molecule has 0 unspecified atom stereocenters. The second-order valence-electron chi connectivity index (χ2n) is 8.36. The number of amides is 2. The number of ether oxygens (including phenoxy) is 2. The molecule has 2 aromatic carbocycles. The quantitative estimate of drug-likeness (QED) is 0.400. The third-order valence-electron chi connectivity index (χ3n) is 5.76. The highest BCUT2D eigenvalue weighted by atomic mass is 16.6. The maximum Gasteiger partial charge on any atom is 0.410 e. The van der Waals surface area contributed by atoms with Gasteiger partial charge in [0.15, 0.2) is 0 Å². The van der Waals surface area contributed by atoms with Crippen molar-refractivity contribution < 1.29 is 34.0 Å². The molecule has 1 aliphatic heterocycles. The average molecular weight is 502 g/mol. The van der Waals surface area contributed by atoms with Crippen LogP contribution in [0.25, 0.3) is 0 Å². The van der Waals surface area contributed by atoms with Crippen LogP contribution in [0.5, 0.6) is 0 Å². The van der Waals surface area contributed by atoms with E-state index in [4.69, 9.17) is 9.47 Å². The Hall–Kier alpha value is -4.26. The standard InChI is InChI=1S/C23H26N4O9/c1-24(22(29)35-14-16-2-6-18(7-3-16)26(31)32)11-10-20-12-21(28)13-25(20)23(30)36-15-17-4-8-19(9-5-17)27(33)34/h2-9,20-21,28H,10-15H2,1H3/t20-,21-/m1/s1. The first-order valence-electron chi connectivity index (χ1n) is 11.1. The lowest BCUT2D eigenvalue weighted by Gasteiger charge is -2.25. The van der Waals surface area contributed by atoms with Crippen molar-refractivity contribution in [1.82, 2.24) is 9.80 Å². The number of β-amino-alcohol motifs (C(OH)–C–C–N with tert-alkyl or cyclic N) is 1. The van der Waals surface area contributed by atoms with Crippen molar-refractivity contribution in [3.8, 4) is 0 Å². The predicted octanol–water partition coefficient (Wildman–Crippen LogP) is 3.23. The maximum absolute atomic E-state index is 12.6. The molecule has 0 aliphatic carbocycles. The Balaban J connectivity index is 1.45. The van der Waals surface area contributed by atoms with Gasteiger partial charge >= 0.3 is 12.2 Å². The molecule has 1 aliphatic rings. The molecule has 192 valence electrons. The van der Waals surface area contributed by atoms with Crippen molar-refractivity contribution in [2.24, 2.45) is 0 Å². The molecule has 2 atom stereocenters. The molecule has 0 bridgehead atoms. The third-order valence-corrected chi connectivity index (χ3v) is 5.76. The minimum absolute atomic E-state index is 0.0512. The Kier molecular flexibility index (Phi) is 8.73. The molecule has 36 heavy (non-hydrogen) atoms. The van der Waals surface area contributed by atoms with Gasteiger partial charge in [0.1, 0.15) is 13.2 Å². The van der Waals surface area contributed by atoms with E-state index in [1.165, 1.54) is 58.3 Å². The largest absolute Gasteiger partial charge is 0.445 e. The summed E-state index contributed by atoms with van der Waals surface area (Å²) in [6.45, 7) is 0.218. The lowest BCUT2D eigenvalue weighted by atomic mass is 10.1. The molecule has 2 aromatic rings. The van der Waals surface area contributed by atoms with E-state index in [1.54, 1.807) is 7.05 Å². The average Bonchev–Trinajstić information content (AvgIpc) is 3.25. The van der Waals surface area contributed by atoms with Crippen molar-refractivity contribution >= 4 is 23.6 Å². The van der Waals surface area contributed by atoms with E-state index in [9.17, 15) is 34.9 Å². The highest BCUT2D eigenvalue weighted by molar-refractivity contribution is 5.69.